The first-order chi connectivity index (χ1) is 8.42. The third kappa shape index (κ3) is 5.84. The van der Waals surface area contributed by atoms with Crippen LogP contribution in [0.4, 0.5) is 0 Å². The Balaban J connectivity index is 2.60. The molecule has 4 nitrogen and oxygen atoms in total. The lowest BCUT2D eigenvalue weighted by Gasteiger charge is -2.16. The van der Waals surface area contributed by atoms with Crippen LogP contribution in [-0.4, -0.2) is 20.8 Å². The molecule has 0 spiro atoms. The summed E-state index contributed by atoms with van der Waals surface area (Å²) < 4.78 is 28.7. The van der Waals surface area contributed by atoms with Gasteiger partial charge in [-0.2, -0.15) is 0 Å². The van der Waals surface area contributed by atoms with Gasteiger partial charge in [-0.25, -0.2) is 13.6 Å². The van der Waals surface area contributed by atoms with Gasteiger partial charge in [-0.05, 0) is 34.5 Å². The molecule has 0 saturated heterocycles. The zero-order valence-electron chi connectivity index (χ0n) is 10.3. The summed E-state index contributed by atoms with van der Waals surface area (Å²) >= 11 is 3.38. The van der Waals surface area contributed by atoms with Crippen LogP contribution >= 0.6 is 15.9 Å². The maximum Gasteiger partial charge on any atom is 0.209 e. The number of hydrogen-bond donors (Lipinski definition) is 1. The first-order valence-corrected chi connectivity index (χ1v) is 8.31. The maximum absolute atomic E-state index is 11.1. The molecule has 102 valence electrons. The van der Waals surface area contributed by atoms with E-state index in [4.69, 9.17) is 9.88 Å². The zero-order valence-corrected chi connectivity index (χ0v) is 12.7. The lowest BCUT2D eigenvalue weighted by molar-refractivity contribution is 0.251. The minimum Gasteiger partial charge on any atom is -0.492 e. The summed E-state index contributed by atoms with van der Waals surface area (Å²) in [6, 6.07) is 7.48. The number of sulfonamides is 1. The number of primary sulfonamides is 1. The molecule has 0 aliphatic rings. The summed E-state index contributed by atoms with van der Waals surface area (Å²) in [6.07, 6.45) is 1.68. The Morgan fingerprint density at radius 3 is 2.61 bits per heavy atom. The second-order valence-electron chi connectivity index (χ2n) is 4.23. The van der Waals surface area contributed by atoms with Crippen LogP contribution in [0.2, 0.25) is 0 Å². The molecule has 0 bridgehead atoms. The molecule has 1 rings (SSSR count). The number of benzene rings is 1. The lowest BCUT2D eigenvalue weighted by Crippen LogP contribution is -2.27. The number of ether oxygens (including phenoxy) is 1. The van der Waals surface area contributed by atoms with E-state index >= 15 is 0 Å². The van der Waals surface area contributed by atoms with E-state index in [1.165, 1.54) is 0 Å². The average molecular weight is 336 g/mol. The minimum absolute atomic E-state index is 0.0364. The Kier molecular flexibility index (Phi) is 6.11. The molecule has 18 heavy (non-hydrogen) atoms. The fourth-order valence-electron chi connectivity index (χ4n) is 1.72. The first kappa shape index (κ1) is 15.5. The van der Waals surface area contributed by atoms with Crippen LogP contribution in [-0.2, 0) is 10.0 Å². The highest BCUT2D eigenvalue weighted by Crippen LogP contribution is 2.24. The van der Waals surface area contributed by atoms with Crippen LogP contribution < -0.4 is 9.88 Å². The molecule has 0 aromatic heterocycles. The SMILES string of the molecule is CCCC(COc1ccccc1Br)CS(N)(=O)=O. The second kappa shape index (κ2) is 7.11. The molecule has 0 amide bonds. The van der Waals surface area contributed by atoms with Crippen molar-refractivity contribution in [2.24, 2.45) is 11.1 Å². The van der Waals surface area contributed by atoms with Gasteiger partial charge >= 0.3 is 0 Å². The van der Waals surface area contributed by atoms with Crippen LogP contribution in [0.15, 0.2) is 28.7 Å². The Bertz CT molecular complexity index is 476. The monoisotopic (exact) mass is 335 g/mol. The van der Waals surface area contributed by atoms with E-state index in [2.05, 4.69) is 15.9 Å². The number of halogens is 1. The van der Waals surface area contributed by atoms with E-state index in [0.29, 0.717) is 12.4 Å². The van der Waals surface area contributed by atoms with Crippen LogP contribution in [0.1, 0.15) is 19.8 Å². The van der Waals surface area contributed by atoms with Crippen molar-refractivity contribution < 1.29 is 13.2 Å². The third-order valence-corrected chi connectivity index (χ3v) is 4.07. The highest BCUT2D eigenvalue weighted by Gasteiger charge is 2.16. The summed E-state index contributed by atoms with van der Waals surface area (Å²) in [7, 11) is -3.45. The van der Waals surface area contributed by atoms with Crippen molar-refractivity contribution >= 4 is 26.0 Å². The number of para-hydroxylation sites is 1. The second-order valence-corrected chi connectivity index (χ2v) is 6.74. The molecule has 2 N–H and O–H groups in total. The largest absolute Gasteiger partial charge is 0.492 e. The highest BCUT2D eigenvalue weighted by atomic mass is 79.9. The molecule has 0 aliphatic heterocycles. The Labute approximate surface area is 117 Å². The van der Waals surface area contributed by atoms with Gasteiger partial charge in [0.1, 0.15) is 5.75 Å². The summed E-state index contributed by atoms with van der Waals surface area (Å²) in [5.74, 6) is 0.607. The first-order valence-electron chi connectivity index (χ1n) is 5.80. The Morgan fingerprint density at radius 1 is 1.39 bits per heavy atom. The fraction of sp³-hybridized carbons (Fsp3) is 0.500. The fourth-order valence-corrected chi connectivity index (χ4v) is 3.04. The van der Waals surface area contributed by atoms with Crippen LogP contribution in [0.25, 0.3) is 0 Å². The molecular weight excluding hydrogens is 318 g/mol. The molecule has 0 aliphatic carbocycles. The van der Waals surface area contributed by atoms with E-state index < -0.39 is 10.0 Å². The maximum atomic E-state index is 11.1. The summed E-state index contributed by atoms with van der Waals surface area (Å²) in [6.45, 7) is 2.36. The number of nitrogens with two attached hydrogens (primary N) is 1. The van der Waals surface area contributed by atoms with E-state index in [1.54, 1.807) is 0 Å². The topological polar surface area (TPSA) is 69.4 Å². The summed E-state index contributed by atoms with van der Waals surface area (Å²) in [5.41, 5.74) is 0. The van der Waals surface area contributed by atoms with Crippen LogP contribution in [0.5, 0.6) is 5.75 Å². The van der Waals surface area contributed by atoms with Gasteiger partial charge in [0.2, 0.25) is 10.0 Å². The third-order valence-electron chi connectivity index (χ3n) is 2.48. The van der Waals surface area contributed by atoms with Crippen molar-refractivity contribution in [1.82, 2.24) is 0 Å². The van der Waals surface area contributed by atoms with Gasteiger partial charge < -0.3 is 4.74 Å². The molecule has 6 heteroatoms. The summed E-state index contributed by atoms with van der Waals surface area (Å²) in [5, 5.41) is 5.07. The van der Waals surface area contributed by atoms with Gasteiger partial charge in [0, 0.05) is 5.92 Å². The van der Waals surface area contributed by atoms with Gasteiger partial charge in [-0.3, -0.25) is 0 Å². The smallest absolute Gasteiger partial charge is 0.209 e. The van der Waals surface area contributed by atoms with Crippen molar-refractivity contribution in [2.45, 2.75) is 19.8 Å². The predicted octanol–water partition coefficient (Wildman–Crippen LogP) is 2.53. The molecule has 1 aromatic carbocycles. The van der Waals surface area contributed by atoms with Gasteiger partial charge in [0.05, 0.1) is 16.8 Å². The average Bonchev–Trinajstić information content (AvgIpc) is 2.26. The lowest BCUT2D eigenvalue weighted by atomic mass is 10.1. The van der Waals surface area contributed by atoms with E-state index in [0.717, 1.165) is 17.3 Å². The van der Waals surface area contributed by atoms with Gasteiger partial charge in [0.25, 0.3) is 0 Å². The van der Waals surface area contributed by atoms with Gasteiger partial charge in [-0.1, -0.05) is 25.5 Å². The van der Waals surface area contributed by atoms with Crippen LogP contribution in [0.3, 0.4) is 0 Å². The highest BCUT2D eigenvalue weighted by molar-refractivity contribution is 9.10. The molecule has 1 atom stereocenters. The van der Waals surface area contributed by atoms with E-state index in [-0.39, 0.29) is 11.7 Å². The molecule has 0 heterocycles. The van der Waals surface area contributed by atoms with E-state index in [1.807, 2.05) is 31.2 Å². The van der Waals surface area contributed by atoms with Crippen molar-refractivity contribution in [3.63, 3.8) is 0 Å². The van der Waals surface area contributed by atoms with Crippen molar-refractivity contribution in [3.8, 4) is 5.75 Å². The Morgan fingerprint density at radius 2 is 2.06 bits per heavy atom. The van der Waals surface area contributed by atoms with Crippen LogP contribution in [0, 0.1) is 5.92 Å². The van der Waals surface area contributed by atoms with Crippen molar-refractivity contribution in [3.05, 3.63) is 28.7 Å². The standard InChI is InChI=1S/C12H18BrNO3S/c1-2-5-10(9-18(14,15)16)8-17-12-7-4-3-6-11(12)13/h3-4,6-7,10H,2,5,8-9H2,1H3,(H2,14,15,16). The molecule has 0 saturated carbocycles. The quantitative estimate of drug-likeness (QED) is 0.832. The van der Waals surface area contributed by atoms with E-state index in [9.17, 15) is 8.42 Å². The summed E-state index contributed by atoms with van der Waals surface area (Å²) in [4.78, 5) is 0. The molecule has 0 radical (unpaired) electrons. The molecule has 1 unspecified atom stereocenters. The predicted molar refractivity (Wildman–Crippen MR) is 76.0 cm³/mol. The van der Waals surface area contributed by atoms with Gasteiger partial charge in [-0.15, -0.1) is 0 Å². The zero-order chi connectivity index (χ0) is 13.6. The minimum atomic E-state index is -3.45. The van der Waals surface area contributed by atoms with Crippen molar-refractivity contribution in [1.29, 1.82) is 0 Å². The van der Waals surface area contributed by atoms with Crippen molar-refractivity contribution in [2.75, 3.05) is 12.4 Å². The molecule has 0 fully saturated rings. The molecular formula is C12H18BrNO3S. The number of rotatable bonds is 7. The normalized spacial score (nSPS) is 13.3. The Hall–Kier alpha value is -0.590. The number of hydrogen-bond acceptors (Lipinski definition) is 3. The molecule has 1 aromatic rings. The van der Waals surface area contributed by atoms with Gasteiger partial charge in [0.15, 0.2) is 0 Å².